The molecule has 1 fully saturated rings. The molecule has 0 bridgehead atoms. The maximum absolute atomic E-state index is 14.8. The molecule has 0 heterocycles. The fourth-order valence-electron chi connectivity index (χ4n) is 5.38. The molecule has 4 rings (SSSR count). The van der Waals surface area contributed by atoms with Crippen LogP contribution in [0.5, 0.6) is 5.75 Å². The molecule has 0 atom stereocenters. The molecule has 0 unspecified atom stereocenters. The highest BCUT2D eigenvalue weighted by Gasteiger charge is 2.24. The van der Waals surface area contributed by atoms with E-state index in [0.29, 0.717) is 17.9 Å². The summed E-state index contributed by atoms with van der Waals surface area (Å²) < 4.78 is 55.9. The Morgan fingerprint density at radius 3 is 2.21 bits per heavy atom. The summed E-state index contributed by atoms with van der Waals surface area (Å²) in [5.41, 5.74) is 3.18. The minimum atomic E-state index is -0.851. The molecule has 3 aromatic carbocycles. The molecule has 0 N–H and O–H groups in total. The Labute approximate surface area is 231 Å². The first-order valence-corrected chi connectivity index (χ1v) is 14.5. The first-order chi connectivity index (χ1) is 19.0. The van der Waals surface area contributed by atoms with Gasteiger partial charge in [0, 0.05) is 11.1 Å². The fraction of sp³-hybridized carbons (Fsp3) is 0.471. The van der Waals surface area contributed by atoms with E-state index < -0.39 is 11.6 Å². The molecule has 2 nitrogen and oxygen atoms in total. The second kappa shape index (κ2) is 14.6. The third kappa shape index (κ3) is 8.11. The lowest BCUT2D eigenvalue weighted by Gasteiger charge is -2.29. The summed E-state index contributed by atoms with van der Waals surface area (Å²) in [4.78, 5) is 0. The van der Waals surface area contributed by atoms with E-state index in [9.17, 15) is 13.2 Å². The topological polar surface area (TPSA) is 18.5 Å². The van der Waals surface area contributed by atoms with Crippen LogP contribution in [0.3, 0.4) is 0 Å². The van der Waals surface area contributed by atoms with E-state index >= 15 is 0 Å². The van der Waals surface area contributed by atoms with Gasteiger partial charge in [-0.05, 0) is 68.2 Å². The standard InChI is InChI=1S/C34H41F3O2/c1-3-4-5-6-7-8-21-38-32-20-16-27(22-31(32)35)25-13-17-29(18-14-25)39-23-28-15-19-30(34(37)33(28)36)26-11-9-24(2)10-12-26/h9-12,15-16,19-20,22,25,29H,3-8,13-14,17-18,21,23H2,1-2H3. The first-order valence-electron chi connectivity index (χ1n) is 14.5. The zero-order chi connectivity index (χ0) is 27.6. The van der Waals surface area contributed by atoms with Gasteiger partial charge in [-0.3, -0.25) is 0 Å². The van der Waals surface area contributed by atoms with E-state index in [1.54, 1.807) is 36.4 Å². The average molecular weight is 539 g/mol. The Bertz CT molecular complexity index is 1180. The Kier molecular flexibility index (Phi) is 10.9. The average Bonchev–Trinajstić information content (AvgIpc) is 2.95. The molecule has 0 saturated heterocycles. The summed E-state index contributed by atoms with van der Waals surface area (Å²) in [6, 6.07) is 15.9. The molecular formula is C34H41F3O2. The molecule has 0 amide bonds. The van der Waals surface area contributed by atoms with Crippen LogP contribution in [0.2, 0.25) is 0 Å². The first kappa shape index (κ1) is 29.2. The fourth-order valence-corrected chi connectivity index (χ4v) is 5.38. The van der Waals surface area contributed by atoms with Gasteiger partial charge in [-0.15, -0.1) is 0 Å². The van der Waals surface area contributed by atoms with Crippen LogP contribution in [-0.2, 0) is 11.3 Å². The van der Waals surface area contributed by atoms with Crippen LogP contribution in [0.1, 0.15) is 93.7 Å². The molecule has 1 aliphatic carbocycles. The number of ether oxygens (including phenoxy) is 2. The van der Waals surface area contributed by atoms with E-state index in [1.807, 2.05) is 25.1 Å². The van der Waals surface area contributed by atoms with Crippen molar-refractivity contribution in [2.75, 3.05) is 6.61 Å². The number of hydrogen-bond donors (Lipinski definition) is 0. The second-order valence-electron chi connectivity index (χ2n) is 10.9. The normalized spacial score (nSPS) is 17.4. The third-order valence-corrected chi connectivity index (χ3v) is 7.86. The van der Waals surface area contributed by atoms with Crippen molar-refractivity contribution >= 4 is 0 Å². The summed E-state index contributed by atoms with van der Waals surface area (Å²) in [5, 5.41) is 0. The molecule has 0 spiro atoms. The van der Waals surface area contributed by atoms with Crippen molar-refractivity contribution in [3.63, 3.8) is 0 Å². The largest absolute Gasteiger partial charge is 0.491 e. The molecule has 39 heavy (non-hydrogen) atoms. The summed E-state index contributed by atoms with van der Waals surface area (Å²) in [7, 11) is 0. The van der Waals surface area contributed by atoms with Gasteiger partial charge in [0.2, 0.25) is 0 Å². The second-order valence-corrected chi connectivity index (χ2v) is 10.9. The Morgan fingerprint density at radius 2 is 1.49 bits per heavy atom. The van der Waals surface area contributed by atoms with Gasteiger partial charge in [-0.25, -0.2) is 13.2 Å². The number of halogens is 3. The summed E-state index contributed by atoms with van der Waals surface area (Å²) in [5.74, 6) is -1.41. The van der Waals surface area contributed by atoms with E-state index in [1.165, 1.54) is 25.7 Å². The van der Waals surface area contributed by atoms with Gasteiger partial charge in [-0.2, -0.15) is 0 Å². The highest BCUT2D eigenvalue weighted by molar-refractivity contribution is 5.65. The van der Waals surface area contributed by atoms with Crippen molar-refractivity contribution in [2.24, 2.45) is 0 Å². The molecule has 0 aromatic heterocycles. The molecule has 3 aromatic rings. The lowest BCUT2D eigenvalue weighted by atomic mass is 9.82. The zero-order valence-electron chi connectivity index (χ0n) is 23.3. The minimum Gasteiger partial charge on any atom is -0.491 e. The van der Waals surface area contributed by atoms with Gasteiger partial charge in [-0.1, -0.05) is 87.1 Å². The molecular weight excluding hydrogens is 497 g/mol. The molecule has 210 valence electrons. The van der Waals surface area contributed by atoms with Crippen molar-refractivity contribution in [1.29, 1.82) is 0 Å². The lowest BCUT2D eigenvalue weighted by Crippen LogP contribution is -2.21. The van der Waals surface area contributed by atoms with E-state index in [2.05, 4.69) is 6.92 Å². The van der Waals surface area contributed by atoms with E-state index in [0.717, 1.165) is 49.7 Å². The lowest BCUT2D eigenvalue weighted by molar-refractivity contribution is 0.0119. The molecule has 1 aliphatic rings. The predicted molar refractivity (Wildman–Crippen MR) is 152 cm³/mol. The van der Waals surface area contributed by atoms with Crippen LogP contribution < -0.4 is 4.74 Å². The number of rotatable bonds is 13. The Hall–Kier alpha value is -2.79. The molecule has 5 heteroatoms. The Balaban J connectivity index is 1.23. The SMILES string of the molecule is CCCCCCCCOc1ccc(C2CCC(OCc3ccc(-c4ccc(C)cc4)c(F)c3F)CC2)cc1F. The number of benzene rings is 3. The summed E-state index contributed by atoms with van der Waals surface area (Å²) in [6.45, 7) is 4.74. The summed E-state index contributed by atoms with van der Waals surface area (Å²) >= 11 is 0. The highest BCUT2D eigenvalue weighted by atomic mass is 19.2. The smallest absolute Gasteiger partial charge is 0.167 e. The van der Waals surface area contributed by atoms with Gasteiger partial charge in [0.1, 0.15) is 0 Å². The van der Waals surface area contributed by atoms with Crippen LogP contribution in [0, 0.1) is 24.4 Å². The van der Waals surface area contributed by atoms with Crippen molar-refractivity contribution in [3.8, 4) is 16.9 Å². The van der Waals surface area contributed by atoms with Crippen molar-refractivity contribution in [1.82, 2.24) is 0 Å². The molecule has 0 radical (unpaired) electrons. The maximum atomic E-state index is 14.8. The van der Waals surface area contributed by atoms with Crippen LogP contribution in [0.4, 0.5) is 13.2 Å². The molecule has 0 aliphatic heterocycles. The van der Waals surface area contributed by atoms with Gasteiger partial charge in [0.15, 0.2) is 23.2 Å². The Morgan fingerprint density at radius 1 is 0.769 bits per heavy atom. The van der Waals surface area contributed by atoms with E-state index in [-0.39, 0.29) is 35.6 Å². The summed E-state index contributed by atoms with van der Waals surface area (Å²) in [6.07, 6.45) is 10.3. The zero-order valence-corrected chi connectivity index (χ0v) is 23.3. The van der Waals surface area contributed by atoms with Crippen molar-refractivity contribution in [2.45, 2.75) is 96.7 Å². The quantitative estimate of drug-likeness (QED) is 0.202. The van der Waals surface area contributed by atoms with E-state index in [4.69, 9.17) is 9.47 Å². The number of unbranched alkanes of at least 4 members (excludes halogenated alkanes) is 5. The van der Waals surface area contributed by atoms with Crippen LogP contribution in [-0.4, -0.2) is 12.7 Å². The monoisotopic (exact) mass is 538 g/mol. The van der Waals surface area contributed by atoms with Gasteiger partial charge in [0.25, 0.3) is 0 Å². The van der Waals surface area contributed by atoms with Gasteiger partial charge >= 0.3 is 0 Å². The van der Waals surface area contributed by atoms with Crippen LogP contribution in [0.25, 0.3) is 11.1 Å². The van der Waals surface area contributed by atoms with Crippen molar-refractivity contribution < 1.29 is 22.6 Å². The number of hydrogen-bond acceptors (Lipinski definition) is 2. The maximum Gasteiger partial charge on any atom is 0.167 e. The number of aryl methyl sites for hydroxylation is 1. The minimum absolute atomic E-state index is 0.0229. The highest BCUT2D eigenvalue weighted by Crippen LogP contribution is 2.36. The van der Waals surface area contributed by atoms with Crippen LogP contribution >= 0.6 is 0 Å². The third-order valence-electron chi connectivity index (χ3n) is 7.86. The predicted octanol–water partition coefficient (Wildman–Crippen LogP) is 10.1. The van der Waals surface area contributed by atoms with Gasteiger partial charge in [0.05, 0.1) is 19.3 Å². The van der Waals surface area contributed by atoms with Crippen molar-refractivity contribution in [3.05, 3.63) is 88.7 Å². The van der Waals surface area contributed by atoms with Gasteiger partial charge < -0.3 is 9.47 Å². The van der Waals surface area contributed by atoms with Crippen LogP contribution in [0.15, 0.2) is 54.6 Å². The molecule has 1 saturated carbocycles.